The Balaban J connectivity index is 2.17. The van der Waals surface area contributed by atoms with Gasteiger partial charge in [-0.2, -0.15) is 11.8 Å². The molecule has 1 saturated carbocycles. The predicted molar refractivity (Wildman–Crippen MR) is 90.5 cm³/mol. The van der Waals surface area contributed by atoms with Gasteiger partial charge < -0.3 is 5.32 Å². The van der Waals surface area contributed by atoms with E-state index in [0.29, 0.717) is 10.6 Å². The van der Waals surface area contributed by atoms with Crippen molar-refractivity contribution in [3.05, 3.63) is 24.3 Å². The van der Waals surface area contributed by atoms with Crippen LogP contribution in [0.1, 0.15) is 33.1 Å². The molecule has 1 aromatic carbocycles. The monoisotopic (exact) mass is 328 g/mol. The highest BCUT2D eigenvalue weighted by atomic mass is 32.2. The molecule has 0 saturated heterocycles. The number of hydrogen-bond donors (Lipinski definition) is 2. The van der Waals surface area contributed by atoms with Crippen LogP contribution in [0.3, 0.4) is 0 Å². The molecule has 21 heavy (non-hydrogen) atoms. The van der Waals surface area contributed by atoms with Gasteiger partial charge in [0.2, 0.25) is 10.0 Å². The van der Waals surface area contributed by atoms with Crippen LogP contribution in [0.2, 0.25) is 0 Å². The van der Waals surface area contributed by atoms with Gasteiger partial charge in [-0.15, -0.1) is 0 Å². The average molecular weight is 329 g/mol. The molecule has 0 amide bonds. The van der Waals surface area contributed by atoms with Crippen LogP contribution in [0, 0.1) is 0 Å². The van der Waals surface area contributed by atoms with Crippen molar-refractivity contribution in [1.82, 2.24) is 4.72 Å². The number of anilines is 1. The van der Waals surface area contributed by atoms with E-state index in [4.69, 9.17) is 0 Å². The molecule has 0 atom stereocenters. The lowest BCUT2D eigenvalue weighted by Crippen LogP contribution is -2.40. The van der Waals surface area contributed by atoms with Gasteiger partial charge >= 0.3 is 0 Å². The van der Waals surface area contributed by atoms with Gasteiger partial charge in [0, 0.05) is 17.3 Å². The second kappa shape index (κ2) is 6.58. The Hall–Kier alpha value is -0.720. The fourth-order valence-electron chi connectivity index (χ4n) is 2.50. The van der Waals surface area contributed by atoms with Gasteiger partial charge in [0.25, 0.3) is 0 Å². The van der Waals surface area contributed by atoms with Crippen LogP contribution >= 0.6 is 11.8 Å². The van der Waals surface area contributed by atoms with Gasteiger partial charge in [0.1, 0.15) is 4.90 Å². The molecule has 6 heteroatoms. The maximum Gasteiger partial charge on any atom is 0.242 e. The minimum absolute atomic E-state index is 0.118. The lowest BCUT2D eigenvalue weighted by molar-refractivity contribution is 0.379. The normalized spacial score (nSPS) is 17.5. The van der Waals surface area contributed by atoms with Crippen molar-refractivity contribution in [1.29, 1.82) is 0 Å². The number of thioether (sulfide) groups is 1. The molecule has 0 unspecified atom stereocenters. The molecule has 1 aromatic rings. The van der Waals surface area contributed by atoms with E-state index in [-0.39, 0.29) is 10.8 Å². The second-order valence-corrected chi connectivity index (χ2v) is 8.82. The smallest absolute Gasteiger partial charge is 0.242 e. The summed E-state index contributed by atoms with van der Waals surface area (Å²) in [6, 6.07) is 6.99. The molecule has 0 heterocycles. The maximum absolute atomic E-state index is 12.4. The number of sulfonamides is 1. The van der Waals surface area contributed by atoms with Gasteiger partial charge in [-0.1, -0.05) is 18.6 Å². The highest BCUT2D eigenvalue weighted by Gasteiger charge is 2.36. The molecule has 2 N–H and O–H groups in total. The molecule has 0 radical (unpaired) electrons. The first kappa shape index (κ1) is 16.6. The predicted octanol–water partition coefficient (Wildman–Crippen LogP) is 3.07. The number of nitrogens with one attached hydrogen (secondary N) is 2. The van der Waals surface area contributed by atoms with Crippen molar-refractivity contribution < 1.29 is 8.42 Å². The zero-order valence-corrected chi connectivity index (χ0v) is 14.5. The third-order valence-corrected chi connectivity index (χ3v) is 7.00. The Labute approximate surface area is 132 Å². The Kier molecular flexibility index (Phi) is 5.22. The van der Waals surface area contributed by atoms with Gasteiger partial charge in [-0.3, -0.25) is 0 Å². The molecule has 0 spiro atoms. The van der Waals surface area contributed by atoms with E-state index in [1.165, 1.54) is 19.3 Å². The van der Waals surface area contributed by atoms with Gasteiger partial charge in [-0.25, -0.2) is 13.1 Å². The molecule has 1 aliphatic rings. The van der Waals surface area contributed by atoms with E-state index in [2.05, 4.69) is 16.3 Å². The fourth-order valence-corrected chi connectivity index (χ4v) is 4.85. The zero-order valence-electron chi connectivity index (χ0n) is 12.8. The number of hydrogen-bond acceptors (Lipinski definition) is 4. The highest BCUT2D eigenvalue weighted by molar-refractivity contribution is 8.00. The van der Waals surface area contributed by atoms with Crippen LogP contribution in [0.5, 0.6) is 0 Å². The highest BCUT2D eigenvalue weighted by Crippen LogP contribution is 2.43. The summed E-state index contributed by atoms with van der Waals surface area (Å²) < 4.78 is 27.7. The molecule has 1 fully saturated rings. The molecular formula is C15H24N2O2S2. The summed E-state index contributed by atoms with van der Waals surface area (Å²) in [5, 5.41) is 3.35. The first-order chi connectivity index (χ1) is 9.88. The summed E-state index contributed by atoms with van der Waals surface area (Å²) in [5.41, 5.74) is 0.686. The summed E-state index contributed by atoms with van der Waals surface area (Å²) in [6.07, 6.45) is 5.78. The Morgan fingerprint density at radius 2 is 1.95 bits per heavy atom. The molecule has 4 nitrogen and oxygen atoms in total. The largest absolute Gasteiger partial charge is 0.383 e. The molecule has 0 bridgehead atoms. The first-order valence-corrected chi connectivity index (χ1v) is 10.00. The van der Waals surface area contributed by atoms with Crippen LogP contribution in [0.4, 0.5) is 5.69 Å². The summed E-state index contributed by atoms with van der Waals surface area (Å²) >= 11 is 1.87. The topological polar surface area (TPSA) is 58.2 Å². The third-order valence-electron chi connectivity index (χ3n) is 3.87. The molecular weight excluding hydrogens is 304 g/mol. The van der Waals surface area contributed by atoms with Crippen molar-refractivity contribution in [3.8, 4) is 0 Å². The van der Waals surface area contributed by atoms with E-state index in [1.54, 1.807) is 12.1 Å². The Morgan fingerprint density at radius 3 is 2.48 bits per heavy atom. The maximum atomic E-state index is 12.4. The van der Waals surface area contributed by atoms with E-state index < -0.39 is 10.0 Å². The Morgan fingerprint density at radius 1 is 1.29 bits per heavy atom. The fraction of sp³-hybridized carbons (Fsp3) is 0.600. The Bertz CT molecular complexity index is 576. The molecule has 1 aliphatic carbocycles. The van der Waals surface area contributed by atoms with Crippen molar-refractivity contribution in [2.24, 2.45) is 0 Å². The summed E-state index contributed by atoms with van der Waals surface area (Å²) in [5.74, 6) is 0. The lowest BCUT2D eigenvalue weighted by atomic mass is 9.84. The van der Waals surface area contributed by atoms with Gasteiger partial charge in [0.05, 0.1) is 5.69 Å². The van der Waals surface area contributed by atoms with Gasteiger partial charge in [-0.05, 0) is 45.1 Å². The summed E-state index contributed by atoms with van der Waals surface area (Å²) in [7, 11) is -3.47. The lowest BCUT2D eigenvalue weighted by Gasteiger charge is -2.40. The molecule has 0 aliphatic heterocycles. The number of benzene rings is 1. The zero-order chi connectivity index (χ0) is 15.5. The van der Waals surface area contributed by atoms with Crippen molar-refractivity contribution in [2.45, 2.75) is 48.8 Å². The second-order valence-electron chi connectivity index (χ2n) is 5.87. The first-order valence-electron chi connectivity index (χ1n) is 7.29. The number of rotatable bonds is 7. The van der Waals surface area contributed by atoms with E-state index in [1.807, 2.05) is 37.7 Å². The van der Waals surface area contributed by atoms with E-state index in [9.17, 15) is 8.42 Å². The third kappa shape index (κ3) is 3.93. The molecule has 118 valence electrons. The van der Waals surface area contributed by atoms with Crippen molar-refractivity contribution >= 4 is 27.5 Å². The average Bonchev–Trinajstić information content (AvgIpc) is 2.37. The van der Waals surface area contributed by atoms with Crippen LogP contribution in [0.15, 0.2) is 29.2 Å². The van der Waals surface area contributed by atoms with Crippen LogP contribution in [-0.2, 0) is 10.0 Å². The SMILES string of the molecule is CSC1(CNc2ccccc2S(=O)(=O)NC(C)C)CCC1. The standard InChI is InChI=1S/C15H24N2O2S2/c1-12(2)17-21(18,19)14-8-5-4-7-13(14)16-11-15(20-3)9-6-10-15/h4-5,7-8,12,16-17H,6,9-11H2,1-3H3. The van der Waals surface area contributed by atoms with Gasteiger partial charge in [0.15, 0.2) is 0 Å². The minimum Gasteiger partial charge on any atom is -0.383 e. The molecule has 2 rings (SSSR count). The van der Waals surface area contributed by atoms with Crippen molar-refractivity contribution in [3.63, 3.8) is 0 Å². The van der Waals surface area contributed by atoms with Crippen LogP contribution < -0.4 is 10.0 Å². The minimum atomic E-state index is -3.47. The van der Waals surface area contributed by atoms with Crippen LogP contribution in [0.25, 0.3) is 0 Å². The van der Waals surface area contributed by atoms with E-state index in [0.717, 1.165) is 6.54 Å². The van der Waals surface area contributed by atoms with Crippen molar-refractivity contribution in [2.75, 3.05) is 18.1 Å². The summed E-state index contributed by atoms with van der Waals surface area (Å²) in [6.45, 7) is 4.46. The van der Waals surface area contributed by atoms with Crippen LogP contribution in [-0.4, -0.2) is 32.0 Å². The van der Waals surface area contributed by atoms with E-state index >= 15 is 0 Å². The number of para-hydroxylation sites is 1. The molecule has 0 aromatic heterocycles. The summed E-state index contributed by atoms with van der Waals surface area (Å²) in [4.78, 5) is 0.328. The quantitative estimate of drug-likeness (QED) is 0.807.